The largest absolute Gasteiger partial charge is 1.00 e. The first-order valence-electron chi connectivity index (χ1n) is 11.8. The SMILES string of the molecule is OCc1ccccc1O.Oc1ccccc1C[P+](c1ccccc1)(c1ccccc1)c1ccccc1.[Br-]. The van der Waals surface area contributed by atoms with Crippen LogP contribution in [0.3, 0.4) is 0 Å². The summed E-state index contributed by atoms with van der Waals surface area (Å²) in [5, 5.41) is 32.0. The number of halogens is 1. The summed E-state index contributed by atoms with van der Waals surface area (Å²) in [6.45, 7) is -0.104. The zero-order chi connectivity index (χ0) is 25.2. The van der Waals surface area contributed by atoms with E-state index in [9.17, 15) is 5.11 Å². The monoisotopic (exact) mass is 572 g/mol. The summed E-state index contributed by atoms with van der Waals surface area (Å²) in [5.74, 6) is 0.518. The van der Waals surface area contributed by atoms with Crippen molar-refractivity contribution in [2.45, 2.75) is 12.8 Å². The lowest BCUT2D eigenvalue weighted by Crippen LogP contribution is -3.00. The van der Waals surface area contributed by atoms with Crippen molar-refractivity contribution in [1.82, 2.24) is 0 Å². The van der Waals surface area contributed by atoms with Crippen LogP contribution in [-0.4, -0.2) is 15.3 Å². The van der Waals surface area contributed by atoms with Gasteiger partial charge in [-0.1, -0.05) is 91.0 Å². The Bertz CT molecular complexity index is 1270. The smallest absolute Gasteiger partial charge is 0.122 e. The molecule has 0 fully saturated rings. The average molecular weight is 573 g/mol. The van der Waals surface area contributed by atoms with E-state index in [0.717, 1.165) is 11.7 Å². The summed E-state index contributed by atoms with van der Waals surface area (Å²) in [6.07, 6.45) is 0.789. The molecule has 0 spiro atoms. The zero-order valence-electron chi connectivity index (χ0n) is 20.4. The molecule has 0 aromatic heterocycles. The molecule has 5 aromatic rings. The lowest BCUT2D eigenvalue weighted by Gasteiger charge is -2.28. The number of aliphatic hydroxyl groups excluding tert-OH is 1. The highest BCUT2D eigenvalue weighted by molar-refractivity contribution is 7.95. The molecule has 37 heavy (non-hydrogen) atoms. The molecule has 0 heterocycles. The Kier molecular flexibility index (Phi) is 10.5. The fourth-order valence-electron chi connectivity index (χ4n) is 4.31. The standard InChI is InChI=1S/C25H21OP.C7H8O2.BrH/c26-25-19-11-10-12-21(25)20-27(22-13-4-1-5-14-22,23-15-6-2-7-16-23)24-17-8-3-9-18-24;8-5-6-3-1-2-4-7(6)9;/h1-19H,20H2;1-4,8-9H,5H2;1H. The molecule has 0 unspecified atom stereocenters. The van der Waals surface area contributed by atoms with Crippen LogP contribution in [0.25, 0.3) is 0 Å². The first-order chi connectivity index (χ1) is 17.6. The average Bonchev–Trinajstić information content (AvgIpc) is 2.95. The van der Waals surface area contributed by atoms with E-state index in [1.165, 1.54) is 15.9 Å². The van der Waals surface area contributed by atoms with Crippen molar-refractivity contribution < 1.29 is 32.3 Å². The van der Waals surface area contributed by atoms with Crippen LogP contribution in [0.2, 0.25) is 0 Å². The number of para-hydroxylation sites is 2. The molecule has 0 aliphatic heterocycles. The van der Waals surface area contributed by atoms with Crippen LogP contribution >= 0.6 is 7.26 Å². The molecular weight excluding hydrogens is 543 g/mol. The number of phenolic OH excluding ortho intramolecular Hbond substituents is 1. The molecule has 0 atom stereocenters. The van der Waals surface area contributed by atoms with Gasteiger partial charge in [-0.15, -0.1) is 0 Å². The second-order valence-electron chi connectivity index (χ2n) is 8.39. The molecule has 5 aromatic carbocycles. The van der Waals surface area contributed by atoms with E-state index >= 15 is 0 Å². The fourth-order valence-corrected chi connectivity index (χ4v) is 8.58. The van der Waals surface area contributed by atoms with Gasteiger partial charge in [0.15, 0.2) is 0 Å². The highest BCUT2D eigenvalue weighted by atomic mass is 79.9. The van der Waals surface area contributed by atoms with E-state index in [1.54, 1.807) is 30.3 Å². The van der Waals surface area contributed by atoms with Crippen molar-refractivity contribution in [2.75, 3.05) is 0 Å². The molecule has 3 nitrogen and oxygen atoms in total. The van der Waals surface area contributed by atoms with Crippen molar-refractivity contribution in [1.29, 1.82) is 0 Å². The van der Waals surface area contributed by atoms with Crippen LogP contribution in [0, 0.1) is 0 Å². The molecule has 0 aliphatic rings. The summed E-state index contributed by atoms with van der Waals surface area (Å²) < 4.78 is 0. The molecule has 5 heteroatoms. The Labute approximate surface area is 229 Å². The Balaban J connectivity index is 0.000000324. The van der Waals surface area contributed by atoms with Crippen LogP contribution in [-0.2, 0) is 12.8 Å². The van der Waals surface area contributed by atoms with E-state index in [-0.39, 0.29) is 29.3 Å². The van der Waals surface area contributed by atoms with Gasteiger partial charge in [-0.05, 0) is 48.5 Å². The number of hydrogen-bond acceptors (Lipinski definition) is 3. The van der Waals surface area contributed by atoms with Crippen LogP contribution < -0.4 is 32.9 Å². The van der Waals surface area contributed by atoms with Gasteiger partial charge in [0.2, 0.25) is 0 Å². The minimum atomic E-state index is -1.96. The first kappa shape index (κ1) is 28.1. The molecular formula is C32H30BrO3P. The van der Waals surface area contributed by atoms with Crippen molar-refractivity contribution in [3.8, 4) is 11.5 Å². The number of rotatable bonds is 6. The molecule has 0 amide bonds. The van der Waals surface area contributed by atoms with E-state index < -0.39 is 7.26 Å². The normalized spacial score (nSPS) is 10.5. The highest BCUT2D eigenvalue weighted by Gasteiger charge is 2.45. The number of aliphatic hydroxyl groups is 1. The van der Waals surface area contributed by atoms with Gasteiger partial charge in [0.1, 0.15) is 40.8 Å². The Hall–Kier alpha value is -3.43. The molecule has 0 bridgehead atoms. The predicted octanol–water partition coefficient (Wildman–Crippen LogP) is 2.77. The molecule has 5 rings (SSSR count). The lowest BCUT2D eigenvalue weighted by molar-refractivity contribution is -0.0000101. The van der Waals surface area contributed by atoms with Crippen LogP contribution in [0.5, 0.6) is 11.5 Å². The summed E-state index contributed by atoms with van der Waals surface area (Å²) >= 11 is 0. The number of benzene rings is 5. The van der Waals surface area contributed by atoms with Gasteiger partial charge in [0, 0.05) is 11.1 Å². The van der Waals surface area contributed by atoms with E-state index in [1.807, 2.05) is 18.2 Å². The van der Waals surface area contributed by atoms with Crippen LogP contribution in [0.15, 0.2) is 140 Å². The van der Waals surface area contributed by atoms with Gasteiger partial charge in [0.25, 0.3) is 0 Å². The molecule has 0 aliphatic carbocycles. The quantitative estimate of drug-likeness (QED) is 0.274. The third-order valence-corrected chi connectivity index (χ3v) is 10.5. The molecule has 0 radical (unpaired) electrons. The molecule has 3 N–H and O–H groups in total. The number of phenols is 2. The van der Waals surface area contributed by atoms with Crippen molar-refractivity contribution >= 4 is 23.2 Å². The molecule has 188 valence electrons. The Morgan fingerprint density at radius 3 is 1.08 bits per heavy atom. The van der Waals surface area contributed by atoms with Gasteiger partial charge in [-0.25, -0.2) is 0 Å². The van der Waals surface area contributed by atoms with Crippen LogP contribution in [0.4, 0.5) is 0 Å². The highest BCUT2D eigenvalue weighted by Crippen LogP contribution is 2.58. The Morgan fingerprint density at radius 1 is 0.432 bits per heavy atom. The van der Waals surface area contributed by atoms with Gasteiger partial charge in [-0.3, -0.25) is 0 Å². The van der Waals surface area contributed by atoms with Gasteiger partial charge >= 0.3 is 0 Å². The zero-order valence-corrected chi connectivity index (χ0v) is 22.8. The number of aromatic hydroxyl groups is 2. The minimum Gasteiger partial charge on any atom is -1.00 e. The first-order valence-corrected chi connectivity index (χ1v) is 13.8. The van der Waals surface area contributed by atoms with Gasteiger partial charge in [-0.2, -0.15) is 0 Å². The lowest BCUT2D eigenvalue weighted by atomic mass is 10.2. The second-order valence-corrected chi connectivity index (χ2v) is 11.9. The van der Waals surface area contributed by atoms with Crippen molar-refractivity contribution in [2.24, 2.45) is 0 Å². The topological polar surface area (TPSA) is 60.7 Å². The summed E-state index contributed by atoms with van der Waals surface area (Å²) in [5.41, 5.74) is 1.56. The minimum absolute atomic E-state index is 0. The predicted molar refractivity (Wildman–Crippen MR) is 151 cm³/mol. The third-order valence-electron chi connectivity index (χ3n) is 6.15. The van der Waals surface area contributed by atoms with Crippen LogP contribution in [0.1, 0.15) is 11.1 Å². The van der Waals surface area contributed by atoms with Gasteiger partial charge < -0.3 is 32.3 Å². The summed E-state index contributed by atoms with van der Waals surface area (Å²) in [7, 11) is -1.96. The molecule has 0 saturated carbocycles. The van der Waals surface area contributed by atoms with Gasteiger partial charge in [0.05, 0.1) is 6.61 Å². The van der Waals surface area contributed by atoms with Crippen molar-refractivity contribution in [3.63, 3.8) is 0 Å². The fraction of sp³-hybridized carbons (Fsp3) is 0.0625. The van der Waals surface area contributed by atoms with E-state index in [0.29, 0.717) is 11.3 Å². The maximum absolute atomic E-state index is 10.5. The third kappa shape index (κ3) is 6.67. The summed E-state index contributed by atoms with van der Waals surface area (Å²) in [6, 6.07) is 46.7. The molecule has 0 saturated heterocycles. The summed E-state index contributed by atoms with van der Waals surface area (Å²) in [4.78, 5) is 0. The van der Waals surface area contributed by atoms with Crippen molar-refractivity contribution in [3.05, 3.63) is 151 Å². The second kappa shape index (κ2) is 13.8. The Morgan fingerprint density at radius 2 is 0.757 bits per heavy atom. The number of hydrogen-bond donors (Lipinski definition) is 3. The van der Waals surface area contributed by atoms with E-state index in [4.69, 9.17) is 10.2 Å². The maximum Gasteiger partial charge on any atom is 0.122 e. The van der Waals surface area contributed by atoms with E-state index in [2.05, 4.69) is 91.0 Å². The maximum atomic E-state index is 10.5.